The van der Waals surface area contributed by atoms with Crippen molar-refractivity contribution in [2.45, 2.75) is 18.9 Å². The molecule has 0 bridgehead atoms. The van der Waals surface area contributed by atoms with Crippen LogP contribution in [0.25, 0.3) is 0 Å². The Bertz CT molecular complexity index is 530. The lowest BCUT2D eigenvalue weighted by Gasteiger charge is -2.11. The summed E-state index contributed by atoms with van der Waals surface area (Å²) < 4.78 is 6.54. The number of esters is 2. The summed E-state index contributed by atoms with van der Waals surface area (Å²) in [6.07, 6.45) is 6.32. The maximum Gasteiger partial charge on any atom is 0.379 e. The van der Waals surface area contributed by atoms with Crippen LogP contribution in [0.3, 0.4) is 0 Å². The van der Waals surface area contributed by atoms with Gasteiger partial charge >= 0.3 is 11.9 Å². The Morgan fingerprint density at radius 3 is 3.05 bits per heavy atom. The highest BCUT2D eigenvalue weighted by molar-refractivity contribution is 5.89. The second kappa shape index (κ2) is 7.61. The molecule has 21 heavy (non-hydrogen) atoms. The predicted molar refractivity (Wildman–Crippen MR) is 75.7 cm³/mol. The summed E-state index contributed by atoms with van der Waals surface area (Å²) in [7, 11) is 0. The van der Waals surface area contributed by atoms with Crippen LogP contribution in [-0.2, 0) is 20.7 Å². The van der Waals surface area contributed by atoms with Gasteiger partial charge in [0.25, 0.3) is 0 Å². The number of nitrogens with one attached hydrogen (secondary N) is 1. The van der Waals surface area contributed by atoms with Crippen LogP contribution in [0.2, 0.25) is 0 Å². The second-order valence-corrected chi connectivity index (χ2v) is 4.84. The summed E-state index contributed by atoms with van der Waals surface area (Å²) in [4.78, 5) is 27.4. The monoisotopic (exact) mass is 291 g/mol. The van der Waals surface area contributed by atoms with E-state index in [1.165, 1.54) is 0 Å². The highest BCUT2D eigenvalue weighted by Crippen LogP contribution is 2.01. The van der Waals surface area contributed by atoms with Gasteiger partial charge in [-0.15, -0.1) is 0 Å². The molecule has 1 aromatic rings. The zero-order valence-electron chi connectivity index (χ0n) is 11.7. The van der Waals surface area contributed by atoms with Crippen molar-refractivity contribution in [3.05, 3.63) is 30.1 Å². The predicted octanol–water partition coefficient (Wildman–Crippen LogP) is -0.945. The standard InChI is InChI=1S/C14H19N4O3/c15-12(7-11-3-1-4-16-8-11)14(20)21-13(19)9-18-6-2-5-17-10-18/h1,3-4,6,8,12,17H,2,5,7,9-10,15H2/q+1. The first-order valence-corrected chi connectivity index (χ1v) is 6.82. The molecule has 112 valence electrons. The van der Waals surface area contributed by atoms with Crippen LogP contribution in [0.15, 0.2) is 24.5 Å². The number of nitrogens with zero attached hydrogens (tertiary/aromatic N) is 2. The fraction of sp³-hybridized carbons (Fsp3) is 0.429. The molecule has 0 aromatic carbocycles. The van der Waals surface area contributed by atoms with Crippen molar-refractivity contribution in [3.8, 4) is 0 Å². The molecule has 0 saturated carbocycles. The van der Waals surface area contributed by atoms with Gasteiger partial charge in [-0.05, 0) is 18.1 Å². The van der Waals surface area contributed by atoms with Crippen LogP contribution in [-0.4, -0.2) is 53.5 Å². The van der Waals surface area contributed by atoms with Gasteiger partial charge in [-0.2, -0.15) is 0 Å². The molecule has 0 amide bonds. The zero-order valence-corrected chi connectivity index (χ0v) is 11.7. The first kappa shape index (κ1) is 15.3. The smallest absolute Gasteiger partial charge is 0.379 e. The van der Waals surface area contributed by atoms with Gasteiger partial charge in [0.1, 0.15) is 12.3 Å². The van der Waals surface area contributed by atoms with Gasteiger partial charge in [0.15, 0.2) is 6.67 Å². The van der Waals surface area contributed by atoms with Gasteiger partial charge in [0.2, 0.25) is 6.54 Å². The van der Waals surface area contributed by atoms with Gasteiger partial charge in [-0.25, -0.2) is 14.2 Å². The summed E-state index contributed by atoms with van der Waals surface area (Å²) in [6, 6.07) is 2.70. The van der Waals surface area contributed by atoms with Gasteiger partial charge in [-0.3, -0.25) is 10.3 Å². The summed E-state index contributed by atoms with van der Waals surface area (Å²) in [6.45, 7) is 1.50. The van der Waals surface area contributed by atoms with Crippen molar-refractivity contribution in [1.82, 2.24) is 10.3 Å². The number of carbonyl (C=O) groups is 2. The lowest BCUT2D eigenvalue weighted by atomic mass is 10.1. The highest BCUT2D eigenvalue weighted by Gasteiger charge is 2.22. The average Bonchev–Trinajstić information content (AvgIpc) is 2.49. The number of hydrogen-bond acceptors (Lipinski definition) is 6. The number of carbonyl (C=O) groups excluding carboxylic acids is 2. The minimum Gasteiger partial charge on any atom is -0.387 e. The van der Waals surface area contributed by atoms with Gasteiger partial charge in [-0.1, -0.05) is 6.07 Å². The molecular weight excluding hydrogens is 272 g/mol. The van der Waals surface area contributed by atoms with E-state index in [-0.39, 0.29) is 13.0 Å². The Morgan fingerprint density at radius 1 is 1.52 bits per heavy atom. The number of pyridine rings is 1. The quantitative estimate of drug-likeness (QED) is 0.413. The molecule has 7 heteroatoms. The van der Waals surface area contributed by atoms with Crippen LogP contribution < -0.4 is 11.1 Å². The number of ether oxygens (including phenoxy) is 1. The molecule has 1 aromatic heterocycles. The lowest BCUT2D eigenvalue weighted by Crippen LogP contribution is -2.40. The Kier molecular flexibility index (Phi) is 5.53. The molecule has 1 unspecified atom stereocenters. The van der Waals surface area contributed by atoms with Crippen molar-refractivity contribution in [3.63, 3.8) is 0 Å². The topological polar surface area (TPSA) is 97.3 Å². The molecule has 7 nitrogen and oxygen atoms in total. The lowest BCUT2D eigenvalue weighted by molar-refractivity contribution is -0.523. The fourth-order valence-electron chi connectivity index (χ4n) is 2.00. The van der Waals surface area contributed by atoms with Crippen molar-refractivity contribution < 1.29 is 18.9 Å². The molecule has 1 atom stereocenters. The van der Waals surface area contributed by atoms with E-state index in [0.29, 0.717) is 6.67 Å². The van der Waals surface area contributed by atoms with Crippen LogP contribution in [0.5, 0.6) is 0 Å². The summed E-state index contributed by atoms with van der Waals surface area (Å²) in [5.41, 5.74) is 6.56. The van der Waals surface area contributed by atoms with Crippen LogP contribution >= 0.6 is 0 Å². The molecule has 1 aliphatic heterocycles. The third-order valence-corrected chi connectivity index (χ3v) is 3.05. The average molecular weight is 291 g/mol. The third kappa shape index (κ3) is 5.05. The van der Waals surface area contributed by atoms with E-state index in [2.05, 4.69) is 10.3 Å². The van der Waals surface area contributed by atoms with E-state index < -0.39 is 18.0 Å². The van der Waals surface area contributed by atoms with Crippen LogP contribution in [0.4, 0.5) is 0 Å². The molecule has 0 fully saturated rings. The summed E-state index contributed by atoms with van der Waals surface area (Å²) in [5.74, 6) is -1.31. The van der Waals surface area contributed by atoms with Gasteiger partial charge in [0, 0.05) is 25.4 Å². The minimum atomic E-state index is -0.874. The molecule has 0 saturated heterocycles. The zero-order chi connectivity index (χ0) is 15.1. The SMILES string of the molecule is NC(Cc1cccnc1)C(=O)OC(=O)C[N+]1=CCCNC1. The van der Waals surface area contributed by atoms with Crippen molar-refractivity contribution >= 4 is 18.2 Å². The highest BCUT2D eigenvalue weighted by atomic mass is 16.6. The largest absolute Gasteiger partial charge is 0.387 e. The van der Waals surface area contributed by atoms with E-state index in [4.69, 9.17) is 10.5 Å². The molecule has 3 N–H and O–H groups in total. The number of nitrogens with two attached hydrogens (primary N) is 1. The maximum atomic E-state index is 11.8. The number of hydrogen-bond donors (Lipinski definition) is 2. The van der Waals surface area contributed by atoms with Crippen molar-refractivity contribution in [2.24, 2.45) is 5.73 Å². The minimum absolute atomic E-state index is 0.0400. The maximum absolute atomic E-state index is 11.8. The number of rotatable bonds is 5. The number of aromatic nitrogens is 1. The first-order chi connectivity index (χ1) is 10.1. The van der Waals surface area contributed by atoms with E-state index in [1.54, 1.807) is 23.0 Å². The fourth-order valence-corrected chi connectivity index (χ4v) is 2.00. The molecular formula is C14H19N4O3+. The van der Waals surface area contributed by atoms with Gasteiger partial charge in [0.05, 0.1) is 0 Å². The Hall–Kier alpha value is -2.12. The third-order valence-electron chi connectivity index (χ3n) is 3.05. The van der Waals surface area contributed by atoms with Gasteiger partial charge < -0.3 is 10.5 Å². The van der Waals surface area contributed by atoms with Crippen LogP contribution in [0.1, 0.15) is 12.0 Å². The normalized spacial score (nSPS) is 16.0. The van der Waals surface area contributed by atoms with E-state index in [0.717, 1.165) is 18.5 Å². The van der Waals surface area contributed by atoms with Crippen LogP contribution in [0, 0.1) is 0 Å². The van der Waals surface area contributed by atoms with E-state index in [9.17, 15) is 9.59 Å². The molecule has 0 spiro atoms. The molecule has 0 aliphatic carbocycles. The summed E-state index contributed by atoms with van der Waals surface area (Å²) >= 11 is 0. The Balaban J connectivity index is 1.80. The summed E-state index contributed by atoms with van der Waals surface area (Å²) in [5, 5.41) is 3.12. The van der Waals surface area contributed by atoms with Crippen molar-refractivity contribution in [2.75, 3.05) is 19.8 Å². The Morgan fingerprint density at radius 2 is 2.38 bits per heavy atom. The van der Waals surface area contributed by atoms with E-state index >= 15 is 0 Å². The Labute approximate surface area is 122 Å². The van der Waals surface area contributed by atoms with Crippen molar-refractivity contribution in [1.29, 1.82) is 0 Å². The molecule has 0 radical (unpaired) electrons. The second-order valence-electron chi connectivity index (χ2n) is 4.84. The molecule has 2 rings (SSSR count). The molecule has 1 aliphatic rings. The first-order valence-electron chi connectivity index (χ1n) is 6.82. The van der Waals surface area contributed by atoms with E-state index in [1.807, 2.05) is 12.3 Å². The molecule has 2 heterocycles.